The molecule has 0 amide bonds. The van der Waals surface area contributed by atoms with Crippen molar-refractivity contribution in [2.24, 2.45) is 5.41 Å². The van der Waals surface area contributed by atoms with Crippen LogP contribution in [-0.2, 0) is 14.3 Å². The molecule has 17 heavy (non-hydrogen) atoms. The molecule has 0 aromatic carbocycles. The molecule has 1 unspecified atom stereocenters. The lowest BCUT2D eigenvalue weighted by Gasteiger charge is -2.43. The number of hydrogen-bond donors (Lipinski definition) is 2. The molecule has 5 nitrogen and oxygen atoms in total. The van der Waals surface area contributed by atoms with Crippen LogP contribution in [0.2, 0.25) is 0 Å². The van der Waals surface area contributed by atoms with Crippen molar-refractivity contribution in [3.63, 3.8) is 0 Å². The van der Waals surface area contributed by atoms with E-state index in [1.54, 1.807) is 0 Å². The van der Waals surface area contributed by atoms with Gasteiger partial charge in [0.25, 0.3) is 0 Å². The normalized spacial score (nSPS) is 21.6. The standard InChI is InChI=1S/C7H13NO2.C2HF3O2/c1-7(2)4-8-5(7)6(9)10-3;3-2(4,5)1(6)7/h5,8H,4H2,1-3H3;(H,6,7). The monoisotopic (exact) mass is 257 g/mol. The van der Waals surface area contributed by atoms with Gasteiger partial charge in [-0.2, -0.15) is 13.2 Å². The average molecular weight is 257 g/mol. The number of carbonyl (C=O) groups is 2. The van der Waals surface area contributed by atoms with E-state index in [4.69, 9.17) is 9.90 Å². The lowest BCUT2D eigenvalue weighted by molar-refractivity contribution is -0.192. The topological polar surface area (TPSA) is 75.6 Å². The molecule has 1 rings (SSSR count). The Hall–Kier alpha value is -1.31. The molecule has 1 aliphatic heterocycles. The quantitative estimate of drug-likeness (QED) is 0.679. The number of rotatable bonds is 1. The Morgan fingerprint density at radius 1 is 1.41 bits per heavy atom. The highest BCUT2D eigenvalue weighted by atomic mass is 19.4. The van der Waals surface area contributed by atoms with Crippen molar-refractivity contribution in [3.8, 4) is 0 Å². The highest BCUT2D eigenvalue weighted by molar-refractivity contribution is 5.78. The van der Waals surface area contributed by atoms with Gasteiger partial charge < -0.3 is 15.2 Å². The second-order valence-corrected chi connectivity index (χ2v) is 4.13. The fraction of sp³-hybridized carbons (Fsp3) is 0.778. The molecule has 1 heterocycles. The molecule has 0 aliphatic carbocycles. The van der Waals surface area contributed by atoms with Crippen LogP contribution in [0.1, 0.15) is 13.8 Å². The Labute approximate surface area is 95.9 Å². The number of carboxylic acid groups (broad SMARTS) is 1. The smallest absolute Gasteiger partial charge is 0.475 e. The highest BCUT2D eigenvalue weighted by Gasteiger charge is 2.43. The molecule has 2 N–H and O–H groups in total. The van der Waals surface area contributed by atoms with Gasteiger partial charge in [-0.25, -0.2) is 4.79 Å². The second kappa shape index (κ2) is 5.35. The van der Waals surface area contributed by atoms with Crippen LogP contribution in [0.25, 0.3) is 0 Å². The summed E-state index contributed by atoms with van der Waals surface area (Å²) in [6.07, 6.45) is -5.08. The van der Waals surface area contributed by atoms with Crippen LogP contribution >= 0.6 is 0 Å². The zero-order valence-corrected chi connectivity index (χ0v) is 9.59. The predicted octanol–water partition coefficient (Wildman–Crippen LogP) is 0.791. The lowest BCUT2D eigenvalue weighted by atomic mass is 9.77. The molecule has 100 valence electrons. The van der Waals surface area contributed by atoms with Crippen molar-refractivity contribution in [2.75, 3.05) is 13.7 Å². The molecule has 0 saturated carbocycles. The first-order valence-electron chi connectivity index (χ1n) is 4.63. The van der Waals surface area contributed by atoms with E-state index in [0.717, 1.165) is 6.54 Å². The van der Waals surface area contributed by atoms with Gasteiger partial charge in [-0.05, 0) is 0 Å². The maximum absolute atomic E-state index is 10.9. The minimum atomic E-state index is -5.08. The number of methoxy groups -OCH3 is 1. The maximum Gasteiger partial charge on any atom is 0.490 e. The largest absolute Gasteiger partial charge is 0.490 e. The number of carboxylic acids is 1. The fourth-order valence-corrected chi connectivity index (χ4v) is 1.13. The summed E-state index contributed by atoms with van der Waals surface area (Å²) in [7, 11) is 1.42. The Morgan fingerprint density at radius 2 is 1.82 bits per heavy atom. The summed E-state index contributed by atoms with van der Waals surface area (Å²) in [4.78, 5) is 19.8. The third-order valence-electron chi connectivity index (χ3n) is 2.22. The van der Waals surface area contributed by atoms with Crippen molar-refractivity contribution < 1.29 is 32.6 Å². The van der Waals surface area contributed by atoms with Gasteiger partial charge in [-0.3, -0.25) is 4.79 Å². The van der Waals surface area contributed by atoms with Crippen LogP contribution in [0.4, 0.5) is 13.2 Å². The van der Waals surface area contributed by atoms with E-state index in [2.05, 4.69) is 10.1 Å². The number of nitrogens with one attached hydrogen (secondary N) is 1. The first-order valence-corrected chi connectivity index (χ1v) is 4.63. The molecule has 8 heteroatoms. The maximum atomic E-state index is 10.9. The number of carbonyl (C=O) groups excluding carboxylic acids is 1. The molecule has 1 atom stereocenters. The van der Waals surface area contributed by atoms with E-state index in [0.29, 0.717) is 0 Å². The number of alkyl halides is 3. The van der Waals surface area contributed by atoms with Crippen LogP contribution in [0.3, 0.4) is 0 Å². The molecule has 1 aliphatic rings. The first kappa shape index (κ1) is 15.7. The van der Waals surface area contributed by atoms with Gasteiger partial charge in [0.05, 0.1) is 7.11 Å². The summed E-state index contributed by atoms with van der Waals surface area (Å²) in [5.74, 6) is -2.91. The summed E-state index contributed by atoms with van der Waals surface area (Å²) in [6.45, 7) is 4.99. The molecular formula is C9H14F3NO4. The summed E-state index contributed by atoms with van der Waals surface area (Å²) < 4.78 is 36.3. The van der Waals surface area contributed by atoms with Gasteiger partial charge in [0, 0.05) is 12.0 Å². The summed E-state index contributed by atoms with van der Waals surface area (Å²) in [6, 6.07) is -0.0995. The minimum Gasteiger partial charge on any atom is -0.475 e. The third kappa shape index (κ3) is 4.59. The van der Waals surface area contributed by atoms with Crippen molar-refractivity contribution >= 4 is 11.9 Å². The highest BCUT2D eigenvalue weighted by Crippen LogP contribution is 2.28. The van der Waals surface area contributed by atoms with Gasteiger partial charge in [-0.1, -0.05) is 13.8 Å². The van der Waals surface area contributed by atoms with E-state index < -0.39 is 12.1 Å². The number of esters is 1. The van der Waals surface area contributed by atoms with Gasteiger partial charge in [-0.15, -0.1) is 0 Å². The molecule has 1 saturated heterocycles. The number of ether oxygens (including phenoxy) is 1. The zero-order valence-electron chi connectivity index (χ0n) is 9.59. The molecule has 0 aromatic rings. The first-order chi connectivity index (χ1) is 7.52. The Bertz CT molecular complexity index is 301. The van der Waals surface area contributed by atoms with Crippen LogP contribution in [-0.4, -0.2) is 42.9 Å². The van der Waals surface area contributed by atoms with Crippen molar-refractivity contribution in [1.29, 1.82) is 0 Å². The zero-order chi connectivity index (χ0) is 13.9. The molecule has 0 spiro atoms. The van der Waals surface area contributed by atoms with Gasteiger partial charge in [0.2, 0.25) is 0 Å². The van der Waals surface area contributed by atoms with Crippen LogP contribution in [0, 0.1) is 5.41 Å². The van der Waals surface area contributed by atoms with Crippen LogP contribution < -0.4 is 5.32 Å². The van der Waals surface area contributed by atoms with Crippen LogP contribution in [0.5, 0.6) is 0 Å². The molecule has 1 fully saturated rings. The van der Waals surface area contributed by atoms with Crippen molar-refractivity contribution in [1.82, 2.24) is 5.32 Å². The Balaban J connectivity index is 0.000000325. The minimum absolute atomic E-state index is 0.0765. The van der Waals surface area contributed by atoms with Crippen molar-refractivity contribution in [2.45, 2.75) is 26.1 Å². The SMILES string of the molecule is COC(=O)C1NCC1(C)C.O=C(O)C(F)(F)F. The molecule has 0 aromatic heterocycles. The van der Waals surface area contributed by atoms with E-state index in [-0.39, 0.29) is 17.4 Å². The number of halogens is 3. The Morgan fingerprint density at radius 3 is 1.88 bits per heavy atom. The van der Waals surface area contributed by atoms with E-state index in [9.17, 15) is 18.0 Å². The number of hydrogen-bond acceptors (Lipinski definition) is 4. The van der Waals surface area contributed by atoms with Gasteiger partial charge in [0.1, 0.15) is 6.04 Å². The van der Waals surface area contributed by atoms with Gasteiger partial charge in [0.15, 0.2) is 0 Å². The predicted molar refractivity (Wildman–Crippen MR) is 51.3 cm³/mol. The average Bonchev–Trinajstić information content (AvgIpc) is 2.15. The van der Waals surface area contributed by atoms with Crippen LogP contribution in [0.15, 0.2) is 0 Å². The van der Waals surface area contributed by atoms with E-state index in [1.807, 2.05) is 13.8 Å². The fourth-order valence-electron chi connectivity index (χ4n) is 1.13. The Kier molecular flexibility index (Phi) is 4.94. The third-order valence-corrected chi connectivity index (χ3v) is 2.22. The summed E-state index contributed by atoms with van der Waals surface area (Å²) in [5.41, 5.74) is 0.0765. The summed E-state index contributed by atoms with van der Waals surface area (Å²) in [5, 5.41) is 10.1. The van der Waals surface area contributed by atoms with E-state index in [1.165, 1.54) is 7.11 Å². The number of aliphatic carboxylic acids is 1. The van der Waals surface area contributed by atoms with Crippen molar-refractivity contribution in [3.05, 3.63) is 0 Å². The summed E-state index contributed by atoms with van der Waals surface area (Å²) >= 11 is 0. The lowest BCUT2D eigenvalue weighted by Crippen LogP contribution is -2.63. The van der Waals surface area contributed by atoms with Gasteiger partial charge >= 0.3 is 18.1 Å². The van der Waals surface area contributed by atoms with E-state index >= 15 is 0 Å². The molecule has 0 radical (unpaired) electrons. The molecular weight excluding hydrogens is 243 g/mol. The second-order valence-electron chi connectivity index (χ2n) is 4.13. The molecule has 0 bridgehead atoms.